The van der Waals surface area contributed by atoms with Crippen molar-refractivity contribution in [2.45, 2.75) is 13.8 Å². The zero-order valence-corrected chi connectivity index (χ0v) is 17.9. The molecule has 0 saturated heterocycles. The molecule has 2 N–H and O–H groups in total. The molecule has 0 saturated carbocycles. The average molecular weight is 402 g/mol. The molecule has 0 amide bonds. The molecule has 1 unspecified atom stereocenters. The van der Waals surface area contributed by atoms with Crippen molar-refractivity contribution in [3.63, 3.8) is 0 Å². The summed E-state index contributed by atoms with van der Waals surface area (Å²) >= 11 is 0. The number of fused-ring (bicyclic) bond motifs is 7. The Morgan fingerprint density at radius 3 is 1.72 bits per heavy atom. The molecular weight excluding hydrogens is 378 g/mol. The van der Waals surface area contributed by atoms with E-state index in [4.69, 9.17) is 9.97 Å². The minimum Gasteiger partial charge on any atom is -0.423 e. The summed E-state index contributed by atoms with van der Waals surface area (Å²) in [5.41, 5.74) is 3.71. The first kappa shape index (κ1) is 21.1. The summed E-state index contributed by atoms with van der Waals surface area (Å²) < 4.78 is 0. The maximum Gasteiger partial charge on any atom is 0.488 e. The van der Waals surface area contributed by atoms with Gasteiger partial charge < -0.3 is 10.0 Å². The quantitative estimate of drug-likeness (QED) is 0.190. The van der Waals surface area contributed by atoms with Crippen molar-refractivity contribution in [1.29, 1.82) is 0 Å². The van der Waals surface area contributed by atoms with Gasteiger partial charge in [-0.3, -0.25) is 0 Å². The lowest BCUT2D eigenvalue weighted by molar-refractivity contribution is 0.426. The first-order chi connectivity index (χ1) is 14.2. The van der Waals surface area contributed by atoms with Gasteiger partial charge in [0.2, 0.25) is 0 Å². The van der Waals surface area contributed by atoms with Crippen LogP contribution in [0, 0.1) is 0 Å². The molecule has 29 heavy (non-hydrogen) atoms. The van der Waals surface area contributed by atoms with E-state index in [0.717, 1.165) is 43.6 Å². The SMILES string of the molecule is CC.CP.OB(O)c1ccc2c3ccccc3c3nc4ccccc4nc3c2c1. The zero-order chi connectivity index (χ0) is 21.0. The second kappa shape index (κ2) is 9.28. The van der Waals surface area contributed by atoms with Crippen molar-refractivity contribution in [3.05, 3.63) is 66.7 Å². The topological polar surface area (TPSA) is 66.2 Å². The minimum atomic E-state index is -1.51. The molecule has 0 bridgehead atoms. The lowest BCUT2D eigenvalue weighted by Crippen LogP contribution is -2.29. The molecule has 0 radical (unpaired) electrons. The fourth-order valence-corrected chi connectivity index (χ4v) is 3.45. The second-order valence-electron chi connectivity index (χ2n) is 6.13. The molecule has 1 aromatic heterocycles. The van der Waals surface area contributed by atoms with E-state index >= 15 is 0 Å². The summed E-state index contributed by atoms with van der Waals surface area (Å²) in [5.74, 6) is 0. The lowest BCUT2D eigenvalue weighted by atomic mass is 9.79. The Balaban J connectivity index is 0.000000568. The summed E-state index contributed by atoms with van der Waals surface area (Å²) in [5, 5.41) is 23.1. The van der Waals surface area contributed by atoms with Gasteiger partial charge in [-0.15, -0.1) is 9.24 Å². The first-order valence-electron chi connectivity index (χ1n) is 9.67. The molecule has 5 rings (SSSR count). The molecule has 0 aliphatic rings. The van der Waals surface area contributed by atoms with Crippen LogP contribution in [0.25, 0.3) is 43.6 Å². The predicted octanol–water partition coefficient (Wildman–Crippen LogP) is 4.29. The normalized spacial score (nSPS) is 10.4. The smallest absolute Gasteiger partial charge is 0.423 e. The maximum atomic E-state index is 9.56. The van der Waals surface area contributed by atoms with Gasteiger partial charge in [0.15, 0.2) is 0 Å². The number of aromatic nitrogens is 2. The Kier molecular flexibility index (Phi) is 6.76. The molecule has 146 valence electrons. The average Bonchev–Trinajstić information content (AvgIpc) is 2.80. The highest BCUT2D eigenvalue weighted by Crippen LogP contribution is 2.33. The van der Waals surface area contributed by atoms with E-state index in [1.165, 1.54) is 0 Å². The predicted molar refractivity (Wildman–Crippen MR) is 129 cm³/mol. The Labute approximate surface area is 173 Å². The van der Waals surface area contributed by atoms with E-state index in [1.54, 1.807) is 12.1 Å². The summed E-state index contributed by atoms with van der Waals surface area (Å²) in [7, 11) is 0.902. The van der Waals surface area contributed by atoms with E-state index in [9.17, 15) is 10.0 Å². The number of hydrogen-bond donors (Lipinski definition) is 2. The van der Waals surface area contributed by atoms with Crippen molar-refractivity contribution < 1.29 is 10.0 Å². The van der Waals surface area contributed by atoms with Crippen LogP contribution in [-0.2, 0) is 0 Å². The van der Waals surface area contributed by atoms with Gasteiger partial charge >= 0.3 is 7.12 Å². The fourth-order valence-electron chi connectivity index (χ4n) is 3.45. The number of nitrogens with zero attached hydrogens (tertiary/aromatic N) is 2. The van der Waals surface area contributed by atoms with E-state index in [2.05, 4.69) is 21.4 Å². The Bertz CT molecular complexity index is 1290. The van der Waals surface area contributed by atoms with Crippen LogP contribution in [0.4, 0.5) is 0 Å². The molecular formula is C23H24BN2O2P. The first-order valence-corrected chi connectivity index (χ1v) is 10.8. The fraction of sp³-hybridized carbons (Fsp3) is 0.130. The van der Waals surface area contributed by atoms with Gasteiger partial charge in [0.05, 0.1) is 22.1 Å². The molecule has 0 spiro atoms. The van der Waals surface area contributed by atoms with Crippen LogP contribution in [0.1, 0.15) is 13.8 Å². The van der Waals surface area contributed by atoms with Crippen LogP contribution >= 0.6 is 9.24 Å². The highest BCUT2D eigenvalue weighted by molar-refractivity contribution is 7.15. The van der Waals surface area contributed by atoms with Crippen molar-refractivity contribution in [2.24, 2.45) is 0 Å². The summed E-state index contributed by atoms with van der Waals surface area (Å²) in [6.07, 6.45) is 0. The van der Waals surface area contributed by atoms with Crippen LogP contribution in [-0.4, -0.2) is 33.8 Å². The molecule has 0 aliphatic carbocycles. The van der Waals surface area contributed by atoms with Gasteiger partial charge in [0, 0.05) is 10.8 Å². The van der Waals surface area contributed by atoms with Gasteiger partial charge in [-0.2, -0.15) is 0 Å². The number of benzene rings is 4. The standard InChI is InChI=1S/C20H13BN2O2.C2H6.CH5P/c24-21(25)12-9-10-14-13-5-1-2-6-15(13)19-20(16(14)11-12)23-18-8-4-3-7-17(18)22-19;2*1-2/h1-11,24-25H;1-2H3;2H2,1H3. The molecule has 6 heteroatoms. The van der Waals surface area contributed by atoms with Crippen LogP contribution in [0.2, 0.25) is 0 Å². The van der Waals surface area contributed by atoms with Crippen LogP contribution in [0.5, 0.6) is 0 Å². The van der Waals surface area contributed by atoms with E-state index in [0.29, 0.717) is 5.46 Å². The molecule has 0 aliphatic heterocycles. The third-order valence-electron chi connectivity index (χ3n) is 4.64. The minimum absolute atomic E-state index is 0.444. The molecule has 4 nitrogen and oxygen atoms in total. The summed E-state index contributed by atoms with van der Waals surface area (Å²) in [6, 6.07) is 21.3. The molecule has 4 aromatic carbocycles. The van der Waals surface area contributed by atoms with Gasteiger partial charge in [-0.1, -0.05) is 75.1 Å². The monoisotopic (exact) mass is 402 g/mol. The van der Waals surface area contributed by atoms with E-state index < -0.39 is 7.12 Å². The van der Waals surface area contributed by atoms with Crippen molar-refractivity contribution in [3.8, 4) is 0 Å². The summed E-state index contributed by atoms with van der Waals surface area (Å²) in [6.45, 7) is 5.92. The van der Waals surface area contributed by atoms with Gasteiger partial charge in [0.1, 0.15) is 0 Å². The van der Waals surface area contributed by atoms with Crippen LogP contribution < -0.4 is 5.46 Å². The molecule has 5 aromatic rings. The highest BCUT2D eigenvalue weighted by Gasteiger charge is 2.16. The number of para-hydroxylation sites is 2. The Morgan fingerprint density at radius 1 is 0.655 bits per heavy atom. The van der Waals surface area contributed by atoms with Crippen LogP contribution in [0.15, 0.2) is 66.7 Å². The van der Waals surface area contributed by atoms with E-state index in [1.807, 2.05) is 63.0 Å². The maximum absolute atomic E-state index is 9.56. The van der Waals surface area contributed by atoms with Gasteiger partial charge in [-0.05, 0) is 28.4 Å². The van der Waals surface area contributed by atoms with Crippen molar-refractivity contribution in [1.82, 2.24) is 9.97 Å². The second-order valence-corrected chi connectivity index (χ2v) is 6.13. The van der Waals surface area contributed by atoms with Crippen LogP contribution in [0.3, 0.4) is 0 Å². The molecule has 0 fully saturated rings. The van der Waals surface area contributed by atoms with E-state index in [-0.39, 0.29) is 0 Å². The molecule has 1 heterocycles. The van der Waals surface area contributed by atoms with Gasteiger partial charge in [0.25, 0.3) is 0 Å². The highest BCUT2D eigenvalue weighted by atomic mass is 31.0. The Morgan fingerprint density at radius 2 is 1.14 bits per heavy atom. The molecule has 1 atom stereocenters. The number of hydrogen-bond acceptors (Lipinski definition) is 4. The van der Waals surface area contributed by atoms with Crippen molar-refractivity contribution in [2.75, 3.05) is 6.66 Å². The Hall–Kier alpha value is -2.59. The zero-order valence-electron chi connectivity index (χ0n) is 16.8. The third kappa shape index (κ3) is 3.82. The van der Waals surface area contributed by atoms with Crippen molar-refractivity contribution >= 4 is 65.4 Å². The summed E-state index contributed by atoms with van der Waals surface area (Å²) in [4.78, 5) is 9.67. The van der Waals surface area contributed by atoms with Gasteiger partial charge in [-0.25, -0.2) is 9.97 Å². The lowest BCUT2D eigenvalue weighted by Gasteiger charge is -2.11. The third-order valence-corrected chi connectivity index (χ3v) is 4.64. The largest absolute Gasteiger partial charge is 0.488 e. The number of rotatable bonds is 1.